The van der Waals surface area contributed by atoms with E-state index in [-0.39, 0.29) is 11.9 Å². The average Bonchev–Trinajstić information content (AvgIpc) is 3.00. The molecule has 1 saturated heterocycles. The molecule has 1 amide bonds. The van der Waals surface area contributed by atoms with E-state index in [0.29, 0.717) is 10.0 Å². The van der Waals surface area contributed by atoms with Crippen molar-refractivity contribution in [3.05, 3.63) is 28.2 Å². The smallest absolute Gasteiger partial charge is 0.475 e. The van der Waals surface area contributed by atoms with Gasteiger partial charge < -0.3 is 10.8 Å². The molecular formula is C15H16ClF3N4O3S. The van der Waals surface area contributed by atoms with E-state index in [2.05, 4.69) is 10.4 Å². The molecule has 3 rings (SSSR count). The van der Waals surface area contributed by atoms with Gasteiger partial charge in [0.2, 0.25) is 0 Å². The molecular weight excluding hydrogens is 409 g/mol. The summed E-state index contributed by atoms with van der Waals surface area (Å²) in [6.07, 6.45) is -3.29. The molecule has 0 spiro atoms. The Bertz CT molecular complexity index is 822. The van der Waals surface area contributed by atoms with E-state index in [4.69, 9.17) is 27.2 Å². The van der Waals surface area contributed by atoms with Gasteiger partial charge in [0.05, 0.1) is 10.2 Å². The molecule has 0 unspecified atom stereocenters. The minimum atomic E-state index is -5.08. The zero-order valence-electron chi connectivity index (χ0n) is 13.8. The minimum absolute atomic E-state index is 0.169. The molecule has 0 atom stereocenters. The highest BCUT2D eigenvalue weighted by Crippen LogP contribution is 2.25. The number of piperidine rings is 1. The summed E-state index contributed by atoms with van der Waals surface area (Å²) in [4.78, 5) is 25.4. The summed E-state index contributed by atoms with van der Waals surface area (Å²) >= 11 is 7.29. The maximum absolute atomic E-state index is 12.2. The van der Waals surface area contributed by atoms with Crippen molar-refractivity contribution in [3.8, 4) is 0 Å². The van der Waals surface area contributed by atoms with Gasteiger partial charge in [-0.05, 0) is 31.0 Å². The molecule has 0 radical (unpaired) electrons. The van der Waals surface area contributed by atoms with Crippen LogP contribution in [0.1, 0.15) is 22.6 Å². The Morgan fingerprint density at radius 2 is 1.93 bits per heavy atom. The molecule has 4 N–H and O–H groups in total. The number of hydrogen-bond acceptors (Lipinski definition) is 6. The number of hydrogen-bond donors (Lipinski definition) is 3. The van der Waals surface area contributed by atoms with E-state index in [9.17, 15) is 18.0 Å². The molecule has 0 aliphatic carbocycles. The molecule has 1 aliphatic heterocycles. The number of nitrogens with two attached hydrogens (primary N) is 1. The number of carboxylic acids is 1. The fourth-order valence-corrected chi connectivity index (χ4v) is 3.20. The molecule has 27 heavy (non-hydrogen) atoms. The molecule has 1 fully saturated rings. The second-order valence-electron chi connectivity index (χ2n) is 5.70. The van der Waals surface area contributed by atoms with Crippen LogP contribution in [0, 0.1) is 0 Å². The van der Waals surface area contributed by atoms with Gasteiger partial charge in [-0.3, -0.25) is 10.2 Å². The van der Waals surface area contributed by atoms with Crippen molar-refractivity contribution < 1.29 is 27.9 Å². The van der Waals surface area contributed by atoms with Crippen LogP contribution in [0.5, 0.6) is 0 Å². The Kier molecular flexibility index (Phi) is 6.98. The molecule has 0 saturated carbocycles. The molecule has 7 nitrogen and oxygen atoms in total. The molecule has 1 aromatic carbocycles. The van der Waals surface area contributed by atoms with Gasteiger partial charge in [-0.1, -0.05) is 11.6 Å². The Morgan fingerprint density at radius 1 is 1.33 bits per heavy atom. The standard InChI is InChI=1S/C13H15ClN4OS.C2HF3O2/c14-8-1-2-11-10(7-8)16-13(20-11)12(19)17-18-5-3-9(15)4-6-18;3-2(4,5)1(6)7/h1-2,7,9H,3-6,15H2,(H,17,19);(H,6,7). The summed E-state index contributed by atoms with van der Waals surface area (Å²) in [5.41, 5.74) is 9.48. The number of carboxylic acid groups (broad SMARTS) is 1. The van der Waals surface area contributed by atoms with E-state index in [1.54, 1.807) is 12.1 Å². The number of carbonyl (C=O) groups excluding carboxylic acids is 1. The van der Waals surface area contributed by atoms with Crippen molar-refractivity contribution in [1.29, 1.82) is 0 Å². The molecule has 1 aliphatic rings. The number of aliphatic carboxylic acids is 1. The van der Waals surface area contributed by atoms with Crippen LogP contribution < -0.4 is 11.2 Å². The summed E-state index contributed by atoms with van der Waals surface area (Å²) in [5.74, 6) is -2.93. The Labute approximate surface area is 160 Å². The number of nitrogens with zero attached hydrogens (tertiary/aromatic N) is 2. The fourth-order valence-electron chi connectivity index (χ4n) is 2.20. The van der Waals surface area contributed by atoms with Crippen LogP contribution in [-0.4, -0.2) is 52.3 Å². The van der Waals surface area contributed by atoms with Crippen LogP contribution >= 0.6 is 22.9 Å². The summed E-state index contributed by atoms with van der Waals surface area (Å²) in [6.45, 7) is 1.56. The highest BCUT2D eigenvalue weighted by molar-refractivity contribution is 7.20. The number of amides is 1. The number of rotatable bonds is 2. The number of hydrazine groups is 1. The Balaban J connectivity index is 0.000000321. The first-order valence-corrected chi connectivity index (χ1v) is 8.93. The molecule has 1 aromatic heterocycles. The van der Waals surface area contributed by atoms with Gasteiger partial charge in [0.1, 0.15) is 0 Å². The van der Waals surface area contributed by atoms with Gasteiger partial charge in [0.15, 0.2) is 5.01 Å². The normalized spacial score (nSPS) is 15.9. The van der Waals surface area contributed by atoms with Crippen LogP contribution in [0.3, 0.4) is 0 Å². The average molecular weight is 425 g/mol. The molecule has 2 aromatic rings. The van der Waals surface area contributed by atoms with Crippen LogP contribution in [0.4, 0.5) is 13.2 Å². The van der Waals surface area contributed by atoms with Crippen molar-refractivity contribution in [1.82, 2.24) is 15.4 Å². The first-order valence-electron chi connectivity index (χ1n) is 7.74. The van der Waals surface area contributed by atoms with E-state index in [0.717, 1.165) is 36.1 Å². The SMILES string of the molecule is NC1CCN(NC(=O)c2nc3cc(Cl)ccc3s2)CC1.O=C(O)C(F)(F)F. The zero-order valence-corrected chi connectivity index (χ0v) is 15.4. The maximum Gasteiger partial charge on any atom is 0.490 e. The molecule has 0 bridgehead atoms. The second kappa shape index (κ2) is 8.83. The third-order valence-electron chi connectivity index (χ3n) is 3.59. The van der Waals surface area contributed by atoms with Crippen LogP contribution in [0.15, 0.2) is 18.2 Å². The number of carbonyl (C=O) groups is 2. The van der Waals surface area contributed by atoms with Crippen molar-refractivity contribution in [2.75, 3.05) is 13.1 Å². The van der Waals surface area contributed by atoms with E-state index >= 15 is 0 Å². The predicted molar refractivity (Wildman–Crippen MR) is 94.6 cm³/mol. The van der Waals surface area contributed by atoms with E-state index in [1.165, 1.54) is 11.3 Å². The molecule has 2 heterocycles. The lowest BCUT2D eigenvalue weighted by Gasteiger charge is -2.29. The van der Waals surface area contributed by atoms with Crippen LogP contribution in [-0.2, 0) is 4.79 Å². The first-order chi connectivity index (χ1) is 12.6. The maximum atomic E-state index is 12.2. The number of thiazole rings is 1. The van der Waals surface area contributed by atoms with Crippen LogP contribution in [0.25, 0.3) is 10.2 Å². The quantitative estimate of drug-likeness (QED) is 0.684. The van der Waals surface area contributed by atoms with Crippen molar-refractivity contribution in [2.24, 2.45) is 5.73 Å². The Morgan fingerprint density at radius 3 is 2.48 bits per heavy atom. The lowest BCUT2D eigenvalue weighted by atomic mass is 10.1. The second-order valence-corrected chi connectivity index (χ2v) is 7.17. The monoisotopic (exact) mass is 424 g/mol. The highest BCUT2D eigenvalue weighted by atomic mass is 35.5. The van der Waals surface area contributed by atoms with E-state index < -0.39 is 12.1 Å². The van der Waals surface area contributed by atoms with Gasteiger partial charge in [0.25, 0.3) is 5.91 Å². The Hall–Kier alpha value is -1.95. The number of fused-ring (bicyclic) bond motifs is 1. The van der Waals surface area contributed by atoms with Crippen molar-refractivity contribution in [3.63, 3.8) is 0 Å². The topological polar surface area (TPSA) is 109 Å². The number of aromatic nitrogens is 1. The highest BCUT2D eigenvalue weighted by Gasteiger charge is 2.38. The van der Waals surface area contributed by atoms with Gasteiger partial charge in [0, 0.05) is 24.2 Å². The lowest BCUT2D eigenvalue weighted by molar-refractivity contribution is -0.192. The summed E-state index contributed by atoms with van der Waals surface area (Å²) in [7, 11) is 0. The number of benzene rings is 1. The van der Waals surface area contributed by atoms with E-state index in [1.807, 2.05) is 11.1 Å². The number of halogens is 4. The third-order valence-corrected chi connectivity index (χ3v) is 4.86. The molecule has 148 valence electrons. The third kappa shape index (κ3) is 6.31. The molecule has 12 heteroatoms. The van der Waals surface area contributed by atoms with Gasteiger partial charge >= 0.3 is 12.1 Å². The van der Waals surface area contributed by atoms with Crippen molar-refractivity contribution in [2.45, 2.75) is 25.1 Å². The fraction of sp³-hybridized carbons (Fsp3) is 0.400. The van der Waals surface area contributed by atoms with Gasteiger partial charge in [-0.2, -0.15) is 13.2 Å². The summed E-state index contributed by atoms with van der Waals surface area (Å²) in [5, 5.41) is 10.1. The summed E-state index contributed by atoms with van der Waals surface area (Å²) < 4.78 is 32.7. The first kappa shape index (κ1) is 21.4. The predicted octanol–water partition coefficient (Wildman–Crippen LogP) is 2.65. The zero-order chi connectivity index (χ0) is 20.2. The lowest BCUT2D eigenvalue weighted by Crippen LogP contribution is -2.49. The number of nitrogens with one attached hydrogen (secondary N) is 1. The largest absolute Gasteiger partial charge is 0.490 e. The van der Waals surface area contributed by atoms with Gasteiger partial charge in [-0.15, -0.1) is 11.3 Å². The minimum Gasteiger partial charge on any atom is -0.475 e. The van der Waals surface area contributed by atoms with Crippen LogP contribution in [0.2, 0.25) is 5.02 Å². The summed E-state index contributed by atoms with van der Waals surface area (Å²) in [6, 6.07) is 5.69. The number of alkyl halides is 3. The van der Waals surface area contributed by atoms with Gasteiger partial charge in [-0.25, -0.2) is 14.8 Å². The van der Waals surface area contributed by atoms with Crippen molar-refractivity contribution >= 4 is 45.0 Å².